The van der Waals surface area contributed by atoms with E-state index in [2.05, 4.69) is 79.6 Å². The molecule has 35 heavy (non-hydrogen) atoms. The van der Waals surface area contributed by atoms with Crippen LogP contribution in [0.25, 0.3) is 11.5 Å². The number of nitrogens with zero attached hydrogens (tertiary/aromatic N) is 3. The first-order chi connectivity index (χ1) is 17.2. The summed E-state index contributed by atoms with van der Waals surface area (Å²) in [5.41, 5.74) is 4.16. The highest BCUT2D eigenvalue weighted by Crippen LogP contribution is 2.36. The van der Waals surface area contributed by atoms with Gasteiger partial charge in [0.05, 0.1) is 0 Å². The molecule has 1 atom stereocenters. The lowest BCUT2D eigenvalue weighted by Gasteiger charge is -2.30. The average molecular weight is 545 g/mol. The van der Waals surface area contributed by atoms with Crippen LogP contribution in [0.5, 0.6) is 0 Å². The average Bonchev–Trinajstić information content (AvgIpc) is 3.37. The van der Waals surface area contributed by atoms with Gasteiger partial charge < -0.3 is 4.42 Å². The maximum atomic E-state index is 6.74. The lowest BCUT2D eigenvalue weighted by Crippen LogP contribution is -2.29. The Labute approximate surface area is 218 Å². The minimum atomic E-state index is -0.333. The largest absolute Gasteiger partial charge is 0.419 e. The minimum Gasteiger partial charge on any atom is -0.419 e. The van der Waals surface area contributed by atoms with Crippen LogP contribution in [-0.2, 0) is 13.1 Å². The smallest absolute Gasteiger partial charge is 0.247 e. The van der Waals surface area contributed by atoms with Crippen LogP contribution >= 0.6 is 27.5 Å². The van der Waals surface area contributed by atoms with Crippen molar-refractivity contribution in [1.29, 1.82) is 0 Å². The van der Waals surface area contributed by atoms with Crippen molar-refractivity contribution in [3.63, 3.8) is 0 Å². The molecule has 174 valence electrons. The van der Waals surface area contributed by atoms with Crippen LogP contribution in [0.1, 0.15) is 28.6 Å². The molecule has 1 heterocycles. The van der Waals surface area contributed by atoms with Crippen LogP contribution in [0.3, 0.4) is 0 Å². The SMILES string of the molecule is Clc1ccccc1C(c1nnc(-c2ccc(Br)cc2)o1)N(Cc1ccccc1)Cc1ccccc1. The Kier molecular flexibility index (Phi) is 7.38. The molecule has 4 aromatic carbocycles. The van der Waals surface area contributed by atoms with Gasteiger partial charge >= 0.3 is 0 Å². The summed E-state index contributed by atoms with van der Waals surface area (Å²) in [4.78, 5) is 2.32. The third kappa shape index (κ3) is 5.70. The minimum absolute atomic E-state index is 0.333. The van der Waals surface area contributed by atoms with Gasteiger partial charge in [0.1, 0.15) is 6.04 Å². The first-order valence-corrected chi connectivity index (χ1v) is 12.5. The second-order valence-electron chi connectivity index (χ2n) is 8.25. The molecule has 0 N–H and O–H groups in total. The number of halogens is 2. The van der Waals surface area contributed by atoms with Crippen molar-refractivity contribution in [2.45, 2.75) is 19.1 Å². The van der Waals surface area contributed by atoms with Gasteiger partial charge in [0, 0.05) is 28.1 Å². The maximum Gasteiger partial charge on any atom is 0.247 e. The molecule has 0 spiro atoms. The molecule has 6 heteroatoms. The van der Waals surface area contributed by atoms with E-state index in [4.69, 9.17) is 16.0 Å². The van der Waals surface area contributed by atoms with Crippen molar-refractivity contribution in [3.8, 4) is 11.5 Å². The van der Waals surface area contributed by atoms with Gasteiger partial charge in [-0.05, 0) is 47.0 Å². The van der Waals surface area contributed by atoms with E-state index in [9.17, 15) is 0 Å². The molecule has 0 fully saturated rings. The normalized spacial score (nSPS) is 12.1. The van der Waals surface area contributed by atoms with E-state index in [0.29, 0.717) is 29.9 Å². The van der Waals surface area contributed by atoms with E-state index < -0.39 is 0 Å². The Bertz CT molecular complexity index is 1330. The zero-order chi connectivity index (χ0) is 24.0. The molecule has 5 aromatic rings. The Balaban J connectivity index is 1.59. The first-order valence-electron chi connectivity index (χ1n) is 11.3. The standard InChI is InChI=1S/C29H23BrClN3O/c30-24-17-15-23(16-18-24)28-32-33-29(35-28)27(25-13-7-8-14-26(25)31)34(19-21-9-3-1-4-10-21)20-22-11-5-2-6-12-22/h1-18,27H,19-20H2. The van der Waals surface area contributed by atoms with Gasteiger partial charge in [0.15, 0.2) is 0 Å². The predicted molar refractivity (Wildman–Crippen MR) is 143 cm³/mol. The third-order valence-electron chi connectivity index (χ3n) is 5.79. The zero-order valence-electron chi connectivity index (χ0n) is 18.9. The third-order valence-corrected chi connectivity index (χ3v) is 6.66. The summed E-state index contributed by atoms with van der Waals surface area (Å²) < 4.78 is 7.29. The molecule has 0 radical (unpaired) electrons. The summed E-state index contributed by atoms with van der Waals surface area (Å²) in [7, 11) is 0. The molecule has 0 amide bonds. The molecule has 0 saturated heterocycles. The van der Waals surface area contributed by atoms with Crippen molar-refractivity contribution < 1.29 is 4.42 Å². The Morgan fingerprint density at radius 1 is 0.714 bits per heavy atom. The fourth-order valence-electron chi connectivity index (χ4n) is 4.11. The first kappa shape index (κ1) is 23.5. The van der Waals surface area contributed by atoms with Crippen LogP contribution in [0.4, 0.5) is 0 Å². The van der Waals surface area contributed by atoms with Crippen molar-refractivity contribution in [2.75, 3.05) is 0 Å². The molecule has 0 aliphatic rings. The van der Waals surface area contributed by atoms with E-state index in [1.165, 1.54) is 11.1 Å². The Hall–Kier alpha value is -3.25. The number of hydrogen-bond donors (Lipinski definition) is 0. The van der Waals surface area contributed by atoms with Crippen LogP contribution in [0.2, 0.25) is 5.02 Å². The molecular formula is C29H23BrClN3O. The molecule has 1 unspecified atom stereocenters. The van der Waals surface area contributed by atoms with Crippen molar-refractivity contribution in [2.24, 2.45) is 0 Å². The van der Waals surface area contributed by atoms with Crippen LogP contribution < -0.4 is 0 Å². The van der Waals surface area contributed by atoms with Crippen LogP contribution in [-0.4, -0.2) is 15.1 Å². The monoisotopic (exact) mass is 543 g/mol. The lowest BCUT2D eigenvalue weighted by atomic mass is 10.0. The maximum absolute atomic E-state index is 6.74. The molecule has 0 bridgehead atoms. The molecule has 0 saturated carbocycles. The van der Waals surface area contributed by atoms with E-state index in [-0.39, 0.29) is 6.04 Å². The quantitative estimate of drug-likeness (QED) is 0.199. The second-order valence-corrected chi connectivity index (χ2v) is 9.58. The number of aromatic nitrogens is 2. The highest BCUT2D eigenvalue weighted by molar-refractivity contribution is 9.10. The summed E-state index contributed by atoms with van der Waals surface area (Å²) in [6, 6.07) is 36.1. The highest BCUT2D eigenvalue weighted by Gasteiger charge is 2.30. The highest BCUT2D eigenvalue weighted by atomic mass is 79.9. The summed E-state index contributed by atoms with van der Waals surface area (Å²) in [6.07, 6.45) is 0. The number of hydrogen-bond acceptors (Lipinski definition) is 4. The van der Waals surface area contributed by atoms with E-state index in [0.717, 1.165) is 15.6 Å². The van der Waals surface area contributed by atoms with Crippen molar-refractivity contribution in [3.05, 3.63) is 141 Å². The van der Waals surface area contributed by atoms with Crippen molar-refractivity contribution in [1.82, 2.24) is 15.1 Å². The molecule has 4 nitrogen and oxygen atoms in total. The van der Waals surface area contributed by atoms with Gasteiger partial charge in [-0.2, -0.15) is 0 Å². The Morgan fingerprint density at radius 2 is 1.29 bits per heavy atom. The lowest BCUT2D eigenvalue weighted by molar-refractivity contribution is 0.181. The van der Waals surface area contributed by atoms with Gasteiger partial charge in [0.25, 0.3) is 0 Å². The van der Waals surface area contributed by atoms with Gasteiger partial charge in [-0.25, -0.2) is 0 Å². The van der Waals surface area contributed by atoms with Gasteiger partial charge in [-0.1, -0.05) is 106 Å². The van der Waals surface area contributed by atoms with Gasteiger partial charge in [-0.3, -0.25) is 4.90 Å². The van der Waals surface area contributed by atoms with E-state index in [1.807, 2.05) is 60.7 Å². The molecule has 0 aliphatic carbocycles. The fraction of sp³-hybridized carbons (Fsp3) is 0.103. The summed E-state index contributed by atoms with van der Waals surface area (Å²) in [5, 5.41) is 9.55. The van der Waals surface area contributed by atoms with Crippen LogP contribution in [0, 0.1) is 0 Å². The molecule has 5 rings (SSSR count). The van der Waals surface area contributed by atoms with E-state index >= 15 is 0 Å². The summed E-state index contributed by atoms with van der Waals surface area (Å²) in [5.74, 6) is 0.979. The predicted octanol–water partition coefficient (Wildman–Crippen LogP) is 7.94. The number of rotatable bonds is 8. The molecular weight excluding hydrogens is 522 g/mol. The molecule has 0 aliphatic heterocycles. The summed E-state index contributed by atoms with van der Waals surface area (Å²) >= 11 is 10.2. The van der Waals surface area contributed by atoms with Gasteiger partial charge in [0.2, 0.25) is 11.8 Å². The second kappa shape index (κ2) is 11.0. The fourth-order valence-corrected chi connectivity index (χ4v) is 4.61. The van der Waals surface area contributed by atoms with Crippen LogP contribution in [0.15, 0.2) is 118 Å². The van der Waals surface area contributed by atoms with Gasteiger partial charge in [-0.15, -0.1) is 10.2 Å². The Morgan fingerprint density at radius 3 is 1.89 bits per heavy atom. The summed E-state index contributed by atoms with van der Waals surface area (Å²) in [6.45, 7) is 1.36. The topological polar surface area (TPSA) is 42.2 Å². The zero-order valence-corrected chi connectivity index (χ0v) is 21.2. The molecule has 1 aromatic heterocycles. The van der Waals surface area contributed by atoms with Crippen molar-refractivity contribution >= 4 is 27.5 Å². The van der Waals surface area contributed by atoms with E-state index in [1.54, 1.807) is 0 Å². The number of benzene rings is 4.